The Kier molecular flexibility index (Phi) is 5.70. The first-order chi connectivity index (χ1) is 16.1. The summed E-state index contributed by atoms with van der Waals surface area (Å²) in [5, 5.41) is 8.94. The summed E-state index contributed by atoms with van der Waals surface area (Å²) in [6, 6.07) is 20.2. The van der Waals surface area contributed by atoms with E-state index in [-0.39, 0.29) is 16.5 Å². The highest BCUT2D eigenvalue weighted by molar-refractivity contribution is 7.98. The summed E-state index contributed by atoms with van der Waals surface area (Å²) < 4.78 is 21.4. The maximum atomic E-state index is 15.1. The van der Waals surface area contributed by atoms with E-state index in [0.717, 1.165) is 0 Å². The molecular weight excluding hydrogens is 463 g/mol. The Morgan fingerprint density at radius 3 is 2.55 bits per heavy atom. The van der Waals surface area contributed by atoms with Gasteiger partial charge in [-0.15, -0.1) is 10.2 Å². The van der Waals surface area contributed by atoms with Crippen LogP contribution in [0.4, 0.5) is 10.1 Å². The van der Waals surface area contributed by atoms with Gasteiger partial charge < -0.3 is 4.74 Å². The van der Waals surface area contributed by atoms with Crippen LogP contribution in [0.25, 0.3) is 11.3 Å². The average Bonchev–Trinajstić information content (AvgIpc) is 2.98. The third-order valence-corrected chi connectivity index (χ3v) is 6.05. The Morgan fingerprint density at radius 2 is 1.79 bits per heavy atom. The number of hydrogen-bond donors (Lipinski definition) is 0. The highest BCUT2D eigenvalue weighted by Crippen LogP contribution is 2.45. The monoisotopic (exact) mass is 478 g/mol. The van der Waals surface area contributed by atoms with E-state index in [1.807, 2.05) is 18.4 Å². The quantitative estimate of drug-likeness (QED) is 0.347. The molecule has 3 aromatic carbocycles. The molecule has 6 nitrogen and oxygen atoms in total. The fourth-order valence-corrected chi connectivity index (χ4v) is 4.23. The number of para-hydroxylation sites is 1. The average molecular weight is 479 g/mol. The molecule has 2 heterocycles. The molecule has 1 aliphatic heterocycles. The zero-order valence-electron chi connectivity index (χ0n) is 17.3. The Morgan fingerprint density at radius 1 is 1.03 bits per heavy atom. The first-order valence-corrected chi connectivity index (χ1v) is 11.6. The number of carbonyl (C=O) groups is 1. The second-order valence-corrected chi connectivity index (χ2v) is 8.30. The van der Waals surface area contributed by atoms with E-state index in [1.54, 1.807) is 48.5 Å². The van der Waals surface area contributed by atoms with Crippen molar-refractivity contribution < 1.29 is 13.9 Å². The minimum absolute atomic E-state index is 0.0235. The lowest BCUT2D eigenvalue weighted by Crippen LogP contribution is -2.38. The van der Waals surface area contributed by atoms with Crippen molar-refractivity contribution in [3.05, 3.63) is 94.8 Å². The SMILES string of the molecule is CSc1nnc2c(n1)O[C@@H](c1c(F)cccc1Cl)N(C(=O)c1ccccc1)c1ccccc1-2. The summed E-state index contributed by atoms with van der Waals surface area (Å²) >= 11 is 7.73. The molecule has 0 N–H and O–H groups in total. The van der Waals surface area contributed by atoms with E-state index in [1.165, 1.54) is 28.8 Å². The molecular formula is C24H16ClFN4O2S. The van der Waals surface area contributed by atoms with Crippen LogP contribution in [0.5, 0.6) is 5.88 Å². The molecule has 1 atom stereocenters. The molecule has 1 amide bonds. The van der Waals surface area contributed by atoms with Gasteiger partial charge in [-0.25, -0.2) is 4.39 Å². The molecule has 0 saturated carbocycles. The van der Waals surface area contributed by atoms with Crippen LogP contribution in [0.1, 0.15) is 22.1 Å². The molecule has 4 aromatic rings. The topological polar surface area (TPSA) is 68.2 Å². The van der Waals surface area contributed by atoms with Gasteiger partial charge in [0.25, 0.3) is 5.91 Å². The largest absolute Gasteiger partial charge is 0.447 e. The van der Waals surface area contributed by atoms with Gasteiger partial charge in [0, 0.05) is 11.1 Å². The minimum atomic E-state index is -1.24. The van der Waals surface area contributed by atoms with Crippen molar-refractivity contribution in [2.45, 2.75) is 11.4 Å². The predicted octanol–water partition coefficient (Wildman–Crippen LogP) is 5.79. The van der Waals surface area contributed by atoms with Crippen molar-refractivity contribution >= 4 is 35.0 Å². The Labute approximate surface area is 198 Å². The van der Waals surface area contributed by atoms with Crippen LogP contribution in [-0.4, -0.2) is 27.3 Å². The van der Waals surface area contributed by atoms with E-state index in [0.29, 0.717) is 27.7 Å². The number of ether oxygens (including phenoxy) is 1. The first-order valence-electron chi connectivity index (χ1n) is 9.95. The molecule has 0 bridgehead atoms. The van der Waals surface area contributed by atoms with E-state index in [9.17, 15) is 4.79 Å². The van der Waals surface area contributed by atoms with Crippen molar-refractivity contribution in [1.29, 1.82) is 0 Å². The molecule has 0 unspecified atom stereocenters. The normalized spacial score (nSPS) is 14.6. The molecule has 0 saturated heterocycles. The maximum Gasteiger partial charge on any atom is 0.261 e. The molecule has 0 radical (unpaired) electrons. The third kappa shape index (κ3) is 3.81. The van der Waals surface area contributed by atoms with Gasteiger partial charge in [0.05, 0.1) is 16.3 Å². The number of benzene rings is 3. The number of carbonyl (C=O) groups excluding carboxylic acids is 1. The summed E-state index contributed by atoms with van der Waals surface area (Å²) in [6.45, 7) is 0. The van der Waals surface area contributed by atoms with E-state index >= 15 is 4.39 Å². The van der Waals surface area contributed by atoms with Gasteiger partial charge in [0.1, 0.15) is 5.82 Å². The highest BCUT2D eigenvalue weighted by Gasteiger charge is 2.38. The Balaban J connectivity index is 1.80. The first kappa shape index (κ1) is 21.4. The number of hydrogen-bond acceptors (Lipinski definition) is 6. The van der Waals surface area contributed by atoms with E-state index in [2.05, 4.69) is 15.2 Å². The van der Waals surface area contributed by atoms with Gasteiger partial charge in [0.2, 0.25) is 17.3 Å². The van der Waals surface area contributed by atoms with Crippen molar-refractivity contribution in [3.8, 4) is 17.1 Å². The summed E-state index contributed by atoms with van der Waals surface area (Å²) in [7, 11) is 0. The Hall–Kier alpha value is -3.49. The van der Waals surface area contributed by atoms with Gasteiger partial charge in [-0.1, -0.05) is 65.8 Å². The maximum absolute atomic E-state index is 15.1. The number of amides is 1. The number of anilines is 1. The number of halogens is 2. The van der Waals surface area contributed by atoms with Crippen LogP contribution >= 0.6 is 23.4 Å². The Bertz CT molecular complexity index is 1340. The molecule has 5 rings (SSSR count). The summed E-state index contributed by atoms with van der Waals surface area (Å²) in [5.74, 6) is -0.862. The van der Waals surface area contributed by atoms with Crippen molar-refractivity contribution in [2.75, 3.05) is 11.2 Å². The molecule has 1 aromatic heterocycles. The zero-order valence-corrected chi connectivity index (χ0v) is 18.8. The van der Waals surface area contributed by atoms with Crippen LogP contribution in [0.2, 0.25) is 5.02 Å². The lowest BCUT2D eigenvalue weighted by atomic mass is 10.1. The van der Waals surface area contributed by atoms with Gasteiger partial charge in [-0.2, -0.15) is 4.98 Å². The van der Waals surface area contributed by atoms with Crippen LogP contribution in [-0.2, 0) is 0 Å². The number of thioether (sulfide) groups is 1. The van der Waals surface area contributed by atoms with Crippen LogP contribution in [0.15, 0.2) is 78.0 Å². The molecule has 9 heteroatoms. The summed E-state index contributed by atoms with van der Waals surface area (Å²) in [4.78, 5) is 19.7. The van der Waals surface area contributed by atoms with Crippen LogP contribution < -0.4 is 9.64 Å². The highest BCUT2D eigenvalue weighted by atomic mass is 35.5. The lowest BCUT2D eigenvalue weighted by molar-refractivity contribution is 0.0906. The number of fused-ring (bicyclic) bond motifs is 3. The van der Waals surface area contributed by atoms with E-state index in [4.69, 9.17) is 16.3 Å². The lowest BCUT2D eigenvalue weighted by Gasteiger charge is -2.31. The number of rotatable bonds is 3. The van der Waals surface area contributed by atoms with Crippen molar-refractivity contribution in [2.24, 2.45) is 0 Å². The standard InChI is InChI=1S/C24H16ClFN4O2S/c1-33-24-27-21-20(28-29-24)15-10-5-6-13-18(15)30(22(31)14-8-3-2-4-9-14)23(32-21)19-16(25)11-7-12-17(19)26/h2-13,23H,1H3/t23-/m0/s1. The van der Waals surface area contributed by atoms with Gasteiger partial charge in [-0.3, -0.25) is 9.69 Å². The second-order valence-electron chi connectivity index (χ2n) is 7.12. The number of nitrogens with zero attached hydrogens (tertiary/aromatic N) is 4. The van der Waals surface area contributed by atoms with Gasteiger partial charge in [-0.05, 0) is 36.6 Å². The van der Waals surface area contributed by atoms with Crippen molar-refractivity contribution in [1.82, 2.24) is 15.2 Å². The molecule has 0 aliphatic carbocycles. The predicted molar refractivity (Wildman–Crippen MR) is 125 cm³/mol. The second kappa shape index (κ2) is 8.80. The molecule has 0 fully saturated rings. The molecule has 0 spiro atoms. The smallest absolute Gasteiger partial charge is 0.261 e. The fraction of sp³-hybridized carbons (Fsp3) is 0.0833. The third-order valence-electron chi connectivity index (χ3n) is 5.18. The van der Waals surface area contributed by atoms with E-state index < -0.39 is 18.0 Å². The molecule has 33 heavy (non-hydrogen) atoms. The summed E-state index contributed by atoms with van der Waals surface area (Å²) in [5.41, 5.74) is 1.84. The fourth-order valence-electron chi connectivity index (χ4n) is 3.67. The van der Waals surface area contributed by atoms with Crippen molar-refractivity contribution in [3.63, 3.8) is 0 Å². The van der Waals surface area contributed by atoms with Gasteiger partial charge >= 0.3 is 0 Å². The molecule has 1 aliphatic rings. The van der Waals surface area contributed by atoms with Crippen LogP contribution in [0, 0.1) is 5.82 Å². The number of aromatic nitrogens is 3. The zero-order chi connectivity index (χ0) is 22.9. The summed E-state index contributed by atoms with van der Waals surface area (Å²) in [6.07, 6.45) is 0.574. The van der Waals surface area contributed by atoms with Gasteiger partial charge in [0.15, 0.2) is 5.69 Å². The van der Waals surface area contributed by atoms with Crippen LogP contribution in [0.3, 0.4) is 0 Å². The molecule has 164 valence electrons. The minimum Gasteiger partial charge on any atom is -0.447 e.